The summed E-state index contributed by atoms with van der Waals surface area (Å²) in [5.41, 5.74) is 0.754. The molecule has 0 radical (unpaired) electrons. The Bertz CT molecular complexity index is 1460. The van der Waals surface area contributed by atoms with Crippen molar-refractivity contribution in [2.45, 2.75) is 83.3 Å². The normalized spacial score (nSPS) is 23.6. The Hall–Kier alpha value is -4.16. The number of fused-ring (bicyclic) bond motifs is 2. The monoisotopic (exact) mass is 663 g/mol. The smallest absolute Gasteiger partial charge is 0.407 e. The van der Waals surface area contributed by atoms with Crippen LogP contribution in [0.2, 0.25) is 0 Å². The molecule has 12 nitrogen and oxygen atoms in total. The van der Waals surface area contributed by atoms with Crippen molar-refractivity contribution in [2.24, 2.45) is 5.92 Å². The fourth-order valence-corrected chi connectivity index (χ4v) is 6.99. The van der Waals surface area contributed by atoms with E-state index in [4.69, 9.17) is 9.47 Å². The number of piperazine rings is 1. The molecule has 0 unspecified atom stereocenters. The Morgan fingerprint density at radius 2 is 1.75 bits per heavy atom. The van der Waals surface area contributed by atoms with Gasteiger partial charge in [-0.05, 0) is 45.7 Å². The van der Waals surface area contributed by atoms with Gasteiger partial charge in [-0.3, -0.25) is 19.3 Å². The van der Waals surface area contributed by atoms with Crippen LogP contribution in [-0.2, 0) is 19.1 Å². The summed E-state index contributed by atoms with van der Waals surface area (Å²) in [4.78, 5) is 59.7. The van der Waals surface area contributed by atoms with Crippen molar-refractivity contribution in [1.29, 1.82) is 0 Å². The number of nitrogens with one attached hydrogen (secondary N) is 2. The summed E-state index contributed by atoms with van der Waals surface area (Å²) in [7, 11) is 0. The number of rotatable bonds is 10. The van der Waals surface area contributed by atoms with Crippen LogP contribution in [0.25, 0.3) is 0 Å². The van der Waals surface area contributed by atoms with Crippen molar-refractivity contribution in [2.75, 3.05) is 39.4 Å². The number of hydrogen-bond donors (Lipinski definition) is 3. The zero-order valence-corrected chi connectivity index (χ0v) is 28.6. The number of para-hydroxylation sites is 1. The van der Waals surface area contributed by atoms with E-state index in [1.807, 2.05) is 37.3 Å². The molecule has 2 aromatic carbocycles. The third-order valence-electron chi connectivity index (χ3n) is 9.55. The molecule has 12 heteroatoms. The summed E-state index contributed by atoms with van der Waals surface area (Å²) in [6.07, 6.45) is 0.214. The van der Waals surface area contributed by atoms with Gasteiger partial charge >= 0.3 is 6.09 Å². The van der Waals surface area contributed by atoms with Crippen LogP contribution >= 0.6 is 0 Å². The molecule has 0 aromatic heterocycles. The molecule has 260 valence electrons. The fraction of sp³-hybridized carbons (Fsp3) is 0.556. The third kappa shape index (κ3) is 7.92. The van der Waals surface area contributed by atoms with Crippen LogP contribution in [0.5, 0.6) is 5.75 Å². The number of carboxylic acid groups (broad SMARTS) is 1. The lowest BCUT2D eigenvalue weighted by molar-refractivity contribution is -0.148. The largest absolute Gasteiger partial charge is 0.493 e. The molecule has 4 amide bonds. The van der Waals surface area contributed by atoms with E-state index in [1.54, 1.807) is 56.9 Å². The summed E-state index contributed by atoms with van der Waals surface area (Å²) in [5, 5.41) is 16.0. The van der Waals surface area contributed by atoms with Crippen molar-refractivity contribution in [1.82, 2.24) is 25.3 Å². The molecule has 0 aliphatic carbocycles. The van der Waals surface area contributed by atoms with Gasteiger partial charge in [-0.15, -0.1) is 0 Å². The fourth-order valence-electron chi connectivity index (χ4n) is 6.99. The molecule has 2 saturated heterocycles. The first-order valence-corrected chi connectivity index (χ1v) is 16.9. The predicted molar refractivity (Wildman–Crippen MR) is 179 cm³/mol. The summed E-state index contributed by atoms with van der Waals surface area (Å²) in [5.74, 6) is -1.12. The maximum Gasteiger partial charge on any atom is 0.407 e. The van der Waals surface area contributed by atoms with Crippen molar-refractivity contribution < 1.29 is 33.8 Å². The molecule has 3 aliphatic rings. The molecule has 2 fully saturated rings. The lowest BCUT2D eigenvalue weighted by atomic mass is 9.98. The molecular weight excluding hydrogens is 614 g/mol. The number of carbonyl (C=O) groups excluding carboxylic acids is 3. The quantitative estimate of drug-likeness (QED) is 0.351. The number of carbonyl (C=O) groups is 4. The maximum absolute atomic E-state index is 14.7. The maximum atomic E-state index is 14.7. The predicted octanol–water partition coefficient (Wildman–Crippen LogP) is 3.59. The highest BCUT2D eigenvalue weighted by atomic mass is 16.5. The highest BCUT2D eigenvalue weighted by Gasteiger charge is 2.47. The Kier molecular flexibility index (Phi) is 10.9. The summed E-state index contributed by atoms with van der Waals surface area (Å²) >= 11 is 0. The van der Waals surface area contributed by atoms with E-state index in [0.29, 0.717) is 44.8 Å². The minimum atomic E-state index is -1.13. The molecule has 5 rings (SSSR count). The standard InChI is InChI=1S/C36H49N5O7/c1-6-47-26-18-25-20-40(29(22-39(25)21-26)33(43)37-28-16-17-48-30-15-11-10-14-27(28)30)34(44)31(24-12-8-7-9-13-24)38-32(42)23(2)19-41(35(45)46)36(3,4)5/h7-15,23,25-26,28-29,31H,6,16-22H2,1-5H3,(H,37,43)(H,38,42)(H,45,46)/t23-,25+,26+,28+,29-,31-/m0/s1. The van der Waals surface area contributed by atoms with Crippen molar-refractivity contribution in [3.8, 4) is 5.75 Å². The molecule has 3 N–H and O–H groups in total. The van der Waals surface area contributed by atoms with Crippen LogP contribution < -0.4 is 15.4 Å². The van der Waals surface area contributed by atoms with Gasteiger partial charge in [-0.25, -0.2) is 4.79 Å². The molecule has 3 aliphatic heterocycles. The molecular formula is C36H49N5O7. The second kappa shape index (κ2) is 14.9. The Balaban J connectivity index is 1.42. The van der Waals surface area contributed by atoms with Gasteiger partial charge < -0.3 is 35.0 Å². The van der Waals surface area contributed by atoms with E-state index in [1.165, 1.54) is 4.90 Å². The van der Waals surface area contributed by atoms with Gasteiger partial charge in [-0.1, -0.05) is 55.5 Å². The van der Waals surface area contributed by atoms with E-state index in [9.17, 15) is 24.3 Å². The van der Waals surface area contributed by atoms with Crippen LogP contribution in [0.4, 0.5) is 4.79 Å². The third-order valence-corrected chi connectivity index (χ3v) is 9.55. The average Bonchev–Trinajstić information content (AvgIpc) is 3.46. The van der Waals surface area contributed by atoms with E-state index < -0.39 is 35.5 Å². The molecule has 0 bridgehead atoms. The first-order valence-electron chi connectivity index (χ1n) is 16.9. The molecule has 0 spiro atoms. The van der Waals surface area contributed by atoms with Gasteiger partial charge in [0.25, 0.3) is 5.91 Å². The Morgan fingerprint density at radius 3 is 2.44 bits per heavy atom. The van der Waals surface area contributed by atoms with E-state index in [0.717, 1.165) is 17.7 Å². The number of hydrogen-bond acceptors (Lipinski definition) is 7. The van der Waals surface area contributed by atoms with E-state index in [-0.39, 0.29) is 36.5 Å². The minimum Gasteiger partial charge on any atom is -0.493 e. The van der Waals surface area contributed by atoms with Crippen LogP contribution in [0.3, 0.4) is 0 Å². The lowest BCUT2D eigenvalue weighted by Crippen LogP contribution is -2.64. The zero-order chi connectivity index (χ0) is 34.6. The van der Waals surface area contributed by atoms with Crippen LogP contribution in [0.15, 0.2) is 54.6 Å². The second-order valence-corrected chi connectivity index (χ2v) is 14.0. The second-order valence-electron chi connectivity index (χ2n) is 14.0. The Morgan fingerprint density at radius 1 is 1.04 bits per heavy atom. The number of benzene rings is 2. The van der Waals surface area contributed by atoms with Crippen molar-refractivity contribution >= 4 is 23.8 Å². The number of amides is 4. The van der Waals surface area contributed by atoms with Crippen molar-refractivity contribution in [3.05, 3.63) is 65.7 Å². The topological polar surface area (TPSA) is 141 Å². The number of ether oxygens (including phenoxy) is 2. The van der Waals surface area contributed by atoms with E-state index in [2.05, 4.69) is 15.5 Å². The first-order chi connectivity index (χ1) is 22.9. The van der Waals surface area contributed by atoms with Gasteiger partial charge in [0.1, 0.15) is 17.8 Å². The highest BCUT2D eigenvalue weighted by molar-refractivity contribution is 5.93. The van der Waals surface area contributed by atoms with Gasteiger partial charge in [-0.2, -0.15) is 0 Å². The summed E-state index contributed by atoms with van der Waals surface area (Å²) < 4.78 is 11.8. The van der Waals surface area contributed by atoms with Gasteiger partial charge in [0, 0.05) is 56.4 Å². The lowest BCUT2D eigenvalue weighted by Gasteiger charge is -2.44. The van der Waals surface area contributed by atoms with Crippen LogP contribution in [-0.4, -0.2) is 107 Å². The van der Waals surface area contributed by atoms with Gasteiger partial charge in [0.05, 0.1) is 24.7 Å². The van der Waals surface area contributed by atoms with Crippen LogP contribution in [0, 0.1) is 5.92 Å². The minimum absolute atomic E-state index is 0.000292. The van der Waals surface area contributed by atoms with Gasteiger partial charge in [0.2, 0.25) is 11.8 Å². The van der Waals surface area contributed by atoms with E-state index >= 15 is 0 Å². The van der Waals surface area contributed by atoms with Crippen molar-refractivity contribution in [3.63, 3.8) is 0 Å². The molecule has 48 heavy (non-hydrogen) atoms. The van der Waals surface area contributed by atoms with Gasteiger partial charge in [0.15, 0.2) is 0 Å². The SMILES string of the molecule is CCO[C@@H]1C[C@@H]2CN(C(=O)[C@@H](NC(=O)[C@@H](C)CN(C(=O)O)C(C)(C)C)c3ccccc3)[C@H](C(=O)N[C@@H]3CCOc4ccccc43)CN2C1. The Labute approximate surface area is 282 Å². The number of nitrogens with zero attached hydrogens (tertiary/aromatic N) is 3. The molecule has 2 aromatic rings. The zero-order valence-electron chi connectivity index (χ0n) is 28.6. The molecule has 6 atom stereocenters. The first kappa shape index (κ1) is 35.2. The molecule has 0 saturated carbocycles. The summed E-state index contributed by atoms with van der Waals surface area (Å²) in [6.45, 7) is 11.2. The van der Waals surface area contributed by atoms with Crippen LogP contribution in [0.1, 0.15) is 70.7 Å². The average molecular weight is 664 g/mol. The molecule has 3 heterocycles. The summed E-state index contributed by atoms with van der Waals surface area (Å²) in [6, 6.07) is 14.5. The highest BCUT2D eigenvalue weighted by Crippen LogP contribution is 2.33.